The van der Waals surface area contributed by atoms with Crippen LogP contribution in [-0.2, 0) is 0 Å². The number of hydrogen-bond donors (Lipinski definition) is 2. The van der Waals surface area contributed by atoms with Crippen molar-refractivity contribution in [2.45, 2.75) is 44.6 Å². The van der Waals surface area contributed by atoms with E-state index < -0.39 is 17.7 Å². The molecular formula is C14H19BrF2N2. The van der Waals surface area contributed by atoms with Crippen LogP contribution in [0.25, 0.3) is 0 Å². The van der Waals surface area contributed by atoms with E-state index in [1.165, 1.54) is 31.4 Å². The molecule has 0 bridgehead atoms. The van der Waals surface area contributed by atoms with Gasteiger partial charge in [-0.1, -0.05) is 32.1 Å². The van der Waals surface area contributed by atoms with Crippen LogP contribution < -0.4 is 11.3 Å². The van der Waals surface area contributed by atoms with Crippen molar-refractivity contribution >= 4 is 15.9 Å². The van der Waals surface area contributed by atoms with E-state index in [1.807, 2.05) is 0 Å². The number of rotatable bonds is 4. The van der Waals surface area contributed by atoms with Crippen LogP contribution in [0, 0.1) is 17.6 Å². The first kappa shape index (κ1) is 14.9. The van der Waals surface area contributed by atoms with Gasteiger partial charge in [-0.2, -0.15) is 0 Å². The maximum absolute atomic E-state index is 14.1. The molecule has 1 saturated carbocycles. The number of nitrogens with two attached hydrogens (primary N) is 1. The standard InChI is InChI=1S/C14H19BrF2N2/c15-10-6-7-11(16)13(14(10)17)12(19-18)8-9-4-2-1-3-5-9/h6-7,9,12,19H,1-5,8,18H2. The molecule has 1 atom stereocenters. The van der Waals surface area contributed by atoms with Crippen LogP contribution in [0.4, 0.5) is 8.78 Å². The molecule has 106 valence electrons. The summed E-state index contributed by atoms with van der Waals surface area (Å²) < 4.78 is 28.2. The summed E-state index contributed by atoms with van der Waals surface area (Å²) in [5, 5.41) is 0. The largest absolute Gasteiger partial charge is 0.271 e. The van der Waals surface area contributed by atoms with E-state index >= 15 is 0 Å². The lowest BCUT2D eigenvalue weighted by Crippen LogP contribution is -2.31. The Morgan fingerprint density at radius 2 is 1.95 bits per heavy atom. The molecule has 19 heavy (non-hydrogen) atoms. The summed E-state index contributed by atoms with van der Waals surface area (Å²) in [6.07, 6.45) is 6.58. The van der Waals surface area contributed by atoms with Gasteiger partial charge in [-0.25, -0.2) is 8.78 Å². The summed E-state index contributed by atoms with van der Waals surface area (Å²) in [6, 6.07) is 2.18. The average molecular weight is 333 g/mol. The first-order valence-corrected chi connectivity index (χ1v) is 7.52. The predicted molar refractivity (Wildman–Crippen MR) is 75.3 cm³/mol. The van der Waals surface area contributed by atoms with Crippen LogP contribution in [-0.4, -0.2) is 0 Å². The number of halogens is 3. The third-order valence-corrected chi connectivity index (χ3v) is 4.54. The first-order chi connectivity index (χ1) is 9.13. The number of hydrazine groups is 1. The Bertz CT molecular complexity index is 434. The van der Waals surface area contributed by atoms with Crippen molar-refractivity contribution in [3.8, 4) is 0 Å². The van der Waals surface area contributed by atoms with Crippen LogP contribution in [0.5, 0.6) is 0 Å². The van der Waals surface area contributed by atoms with Gasteiger partial charge in [-0.05, 0) is 40.4 Å². The lowest BCUT2D eigenvalue weighted by molar-refractivity contribution is 0.294. The van der Waals surface area contributed by atoms with Crippen molar-refractivity contribution in [3.05, 3.63) is 33.8 Å². The van der Waals surface area contributed by atoms with Crippen LogP contribution in [0.1, 0.15) is 50.1 Å². The van der Waals surface area contributed by atoms with Gasteiger partial charge in [0.25, 0.3) is 0 Å². The van der Waals surface area contributed by atoms with E-state index in [4.69, 9.17) is 5.84 Å². The van der Waals surface area contributed by atoms with Gasteiger partial charge in [0, 0.05) is 5.56 Å². The van der Waals surface area contributed by atoms with Crippen molar-refractivity contribution in [1.82, 2.24) is 5.43 Å². The second-order valence-electron chi connectivity index (χ2n) is 5.22. The zero-order chi connectivity index (χ0) is 13.8. The van der Waals surface area contributed by atoms with Gasteiger partial charge in [0.15, 0.2) is 0 Å². The monoisotopic (exact) mass is 332 g/mol. The molecule has 1 aromatic rings. The molecule has 1 aliphatic carbocycles. The minimum absolute atomic E-state index is 0.0439. The molecule has 0 aliphatic heterocycles. The molecule has 1 aliphatic rings. The highest BCUT2D eigenvalue weighted by Crippen LogP contribution is 2.34. The molecule has 2 rings (SSSR count). The minimum Gasteiger partial charge on any atom is -0.271 e. The van der Waals surface area contributed by atoms with Gasteiger partial charge in [0.05, 0.1) is 10.5 Å². The summed E-state index contributed by atoms with van der Waals surface area (Å²) in [6.45, 7) is 0. The Labute approximate surface area is 120 Å². The number of hydrogen-bond acceptors (Lipinski definition) is 2. The molecule has 0 amide bonds. The molecule has 5 heteroatoms. The Morgan fingerprint density at radius 3 is 2.58 bits per heavy atom. The molecule has 0 aromatic heterocycles. The van der Waals surface area contributed by atoms with Gasteiger partial charge in [-0.15, -0.1) is 0 Å². The molecule has 0 heterocycles. The highest BCUT2D eigenvalue weighted by Gasteiger charge is 2.25. The minimum atomic E-state index is -0.557. The smallest absolute Gasteiger partial charge is 0.145 e. The SMILES string of the molecule is NNC(CC1CCCCC1)c1c(F)ccc(Br)c1F. The summed E-state index contributed by atoms with van der Waals surface area (Å²) in [4.78, 5) is 0. The molecule has 0 spiro atoms. The van der Waals surface area contributed by atoms with Gasteiger partial charge < -0.3 is 0 Å². The van der Waals surface area contributed by atoms with Crippen LogP contribution in [0.15, 0.2) is 16.6 Å². The fourth-order valence-corrected chi connectivity index (χ4v) is 3.23. The van der Waals surface area contributed by atoms with Crippen molar-refractivity contribution in [3.63, 3.8) is 0 Å². The van der Waals surface area contributed by atoms with Crippen LogP contribution in [0.3, 0.4) is 0 Å². The Balaban J connectivity index is 2.19. The number of benzene rings is 1. The third kappa shape index (κ3) is 3.52. The van der Waals surface area contributed by atoms with Crippen molar-refractivity contribution in [2.75, 3.05) is 0 Å². The highest BCUT2D eigenvalue weighted by atomic mass is 79.9. The summed E-state index contributed by atoms with van der Waals surface area (Å²) in [7, 11) is 0. The van der Waals surface area contributed by atoms with Crippen molar-refractivity contribution < 1.29 is 8.78 Å². The van der Waals surface area contributed by atoms with E-state index in [2.05, 4.69) is 21.4 Å². The molecule has 0 saturated heterocycles. The molecule has 2 nitrogen and oxygen atoms in total. The Hall–Kier alpha value is -0.520. The quantitative estimate of drug-likeness (QED) is 0.492. The molecule has 1 fully saturated rings. The fourth-order valence-electron chi connectivity index (χ4n) is 2.89. The van der Waals surface area contributed by atoms with Crippen LogP contribution in [0.2, 0.25) is 0 Å². The second kappa shape index (κ2) is 6.77. The maximum atomic E-state index is 14.1. The van der Waals surface area contributed by atoms with Gasteiger partial charge in [-0.3, -0.25) is 11.3 Å². The Kier molecular flexibility index (Phi) is 5.30. The summed E-state index contributed by atoms with van der Waals surface area (Å²) in [5.74, 6) is 4.91. The first-order valence-electron chi connectivity index (χ1n) is 6.73. The molecule has 1 unspecified atom stereocenters. The third-order valence-electron chi connectivity index (χ3n) is 3.92. The van der Waals surface area contributed by atoms with E-state index in [9.17, 15) is 8.78 Å². The molecule has 0 radical (unpaired) electrons. The Morgan fingerprint density at radius 1 is 1.26 bits per heavy atom. The molecule has 1 aromatic carbocycles. The predicted octanol–water partition coefficient (Wildman–Crippen LogP) is 4.20. The van der Waals surface area contributed by atoms with Gasteiger partial charge in [0.1, 0.15) is 11.6 Å². The van der Waals surface area contributed by atoms with E-state index in [0.29, 0.717) is 12.3 Å². The highest BCUT2D eigenvalue weighted by molar-refractivity contribution is 9.10. The van der Waals surface area contributed by atoms with E-state index in [1.54, 1.807) is 0 Å². The average Bonchev–Trinajstić information content (AvgIpc) is 2.43. The second-order valence-corrected chi connectivity index (χ2v) is 6.07. The van der Waals surface area contributed by atoms with Crippen molar-refractivity contribution in [1.29, 1.82) is 0 Å². The van der Waals surface area contributed by atoms with Crippen LogP contribution >= 0.6 is 15.9 Å². The molecule has 3 N–H and O–H groups in total. The lowest BCUT2D eigenvalue weighted by atomic mass is 9.83. The normalized spacial score (nSPS) is 18.5. The molecular weight excluding hydrogens is 314 g/mol. The topological polar surface area (TPSA) is 38.0 Å². The van der Waals surface area contributed by atoms with Gasteiger partial charge in [0.2, 0.25) is 0 Å². The van der Waals surface area contributed by atoms with Gasteiger partial charge >= 0.3 is 0 Å². The zero-order valence-corrected chi connectivity index (χ0v) is 12.3. The van der Waals surface area contributed by atoms with E-state index in [-0.39, 0.29) is 10.0 Å². The van der Waals surface area contributed by atoms with E-state index in [0.717, 1.165) is 12.8 Å². The maximum Gasteiger partial charge on any atom is 0.145 e. The fraction of sp³-hybridized carbons (Fsp3) is 0.571. The summed E-state index contributed by atoms with van der Waals surface area (Å²) >= 11 is 3.09. The zero-order valence-electron chi connectivity index (χ0n) is 10.8. The summed E-state index contributed by atoms with van der Waals surface area (Å²) in [5.41, 5.74) is 2.62. The lowest BCUT2D eigenvalue weighted by Gasteiger charge is -2.27. The number of nitrogens with one attached hydrogen (secondary N) is 1. The van der Waals surface area contributed by atoms with Crippen molar-refractivity contribution in [2.24, 2.45) is 11.8 Å².